The van der Waals surface area contributed by atoms with E-state index in [1.54, 1.807) is 0 Å². The molecule has 1 fully saturated rings. The topological polar surface area (TPSA) is 9.23 Å². The van der Waals surface area contributed by atoms with Gasteiger partial charge >= 0.3 is 0 Å². The van der Waals surface area contributed by atoms with Gasteiger partial charge in [0.25, 0.3) is 0 Å². The van der Waals surface area contributed by atoms with Crippen molar-refractivity contribution in [3.8, 4) is 0 Å². The molecule has 23 heavy (non-hydrogen) atoms. The van der Waals surface area contributed by atoms with Crippen molar-refractivity contribution >= 4 is 0 Å². The first kappa shape index (κ1) is 18.0. The van der Waals surface area contributed by atoms with Crippen LogP contribution in [0.15, 0.2) is 48.6 Å². The molecule has 0 atom stereocenters. The smallest absolute Gasteiger partial charge is 0.0721 e. The molecule has 1 aromatic rings. The lowest BCUT2D eigenvalue weighted by molar-refractivity contribution is 0.148. The summed E-state index contributed by atoms with van der Waals surface area (Å²) in [5, 5.41) is 0. The number of hydrogen-bond donors (Lipinski definition) is 0. The van der Waals surface area contributed by atoms with Crippen molar-refractivity contribution in [1.29, 1.82) is 0 Å². The van der Waals surface area contributed by atoms with Crippen LogP contribution in [0.25, 0.3) is 0 Å². The number of hydrogen-bond acceptors (Lipinski definition) is 1. The highest BCUT2D eigenvalue weighted by Gasteiger charge is 2.21. The standard InChI is InChI=1S/C22H32O/c1-3-5-7-8-19-9-13-21(14-10-19)22-15-11-20(12-16-22)18-23-17-6-4-2/h4-7,11-12,15-16,19,21H,3,8-10,13-14,17-18H2,1-2H3. The molecule has 0 radical (unpaired) electrons. The summed E-state index contributed by atoms with van der Waals surface area (Å²) >= 11 is 0. The molecule has 0 heterocycles. The molecular weight excluding hydrogens is 280 g/mol. The van der Waals surface area contributed by atoms with Gasteiger partial charge in [0.05, 0.1) is 13.2 Å². The summed E-state index contributed by atoms with van der Waals surface area (Å²) in [5.74, 6) is 1.67. The summed E-state index contributed by atoms with van der Waals surface area (Å²) in [6.45, 7) is 5.64. The zero-order valence-corrected chi connectivity index (χ0v) is 14.8. The van der Waals surface area contributed by atoms with E-state index in [-0.39, 0.29) is 0 Å². The van der Waals surface area contributed by atoms with E-state index in [1.807, 2.05) is 19.1 Å². The summed E-state index contributed by atoms with van der Waals surface area (Å²) in [6.07, 6.45) is 16.7. The second kappa shape index (κ2) is 10.4. The Morgan fingerprint density at radius 1 is 1.00 bits per heavy atom. The first-order valence-electron chi connectivity index (χ1n) is 9.26. The highest BCUT2D eigenvalue weighted by atomic mass is 16.5. The molecule has 1 aliphatic rings. The van der Waals surface area contributed by atoms with Gasteiger partial charge in [-0.15, -0.1) is 0 Å². The highest BCUT2D eigenvalue weighted by molar-refractivity contribution is 5.25. The van der Waals surface area contributed by atoms with E-state index in [9.17, 15) is 0 Å². The van der Waals surface area contributed by atoms with Crippen LogP contribution in [0.3, 0.4) is 0 Å². The lowest BCUT2D eigenvalue weighted by atomic mass is 9.77. The van der Waals surface area contributed by atoms with Crippen LogP contribution in [0.1, 0.15) is 69.4 Å². The van der Waals surface area contributed by atoms with Gasteiger partial charge in [-0.1, -0.05) is 55.5 Å². The van der Waals surface area contributed by atoms with Crippen molar-refractivity contribution in [2.45, 2.75) is 64.9 Å². The minimum Gasteiger partial charge on any atom is -0.373 e. The molecule has 0 aliphatic heterocycles. The van der Waals surface area contributed by atoms with Gasteiger partial charge < -0.3 is 4.74 Å². The summed E-state index contributed by atoms with van der Waals surface area (Å²) < 4.78 is 5.61. The third kappa shape index (κ3) is 6.35. The Morgan fingerprint density at radius 2 is 1.74 bits per heavy atom. The van der Waals surface area contributed by atoms with Crippen LogP contribution >= 0.6 is 0 Å². The fourth-order valence-corrected chi connectivity index (χ4v) is 3.41. The fraction of sp³-hybridized carbons (Fsp3) is 0.545. The average Bonchev–Trinajstić information content (AvgIpc) is 2.60. The Balaban J connectivity index is 1.76. The Morgan fingerprint density at radius 3 is 2.39 bits per heavy atom. The van der Waals surface area contributed by atoms with Gasteiger partial charge in [-0.2, -0.15) is 0 Å². The summed E-state index contributed by atoms with van der Waals surface area (Å²) in [7, 11) is 0. The molecule has 1 nitrogen and oxygen atoms in total. The van der Waals surface area contributed by atoms with E-state index >= 15 is 0 Å². The molecule has 0 saturated heterocycles. The molecule has 0 bridgehead atoms. The highest BCUT2D eigenvalue weighted by Crippen LogP contribution is 2.37. The Labute approximate surface area is 142 Å². The third-order valence-corrected chi connectivity index (χ3v) is 4.89. The zero-order valence-electron chi connectivity index (χ0n) is 14.8. The van der Waals surface area contributed by atoms with E-state index in [0.717, 1.165) is 11.8 Å². The molecule has 1 saturated carbocycles. The Hall–Kier alpha value is -1.34. The quantitative estimate of drug-likeness (QED) is 0.398. The van der Waals surface area contributed by atoms with E-state index < -0.39 is 0 Å². The molecule has 0 amide bonds. The first-order chi connectivity index (χ1) is 11.3. The first-order valence-corrected chi connectivity index (χ1v) is 9.26. The minimum atomic E-state index is 0.703. The van der Waals surface area contributed by atoms with Gasteiger partial charge in [0.2, 0.25) is 0 Å². The third-order valence-electron chi connectivity index (χ3n) is 4.89. The zero-order chi connectivity index (χ0) is 16.3. The van der Waals surface area contributed by atoms with E-state index in [2.05, 4.69) is 43.3 Å². The second-order valence-corrected chi connectivity index (χ2v) is 6.66. The van der Waals surface area contributed by atoms with Crippen molar-refractivity contribution in [3.05, 3.63) is 59.7 Å². The fourth-order valence-electron chi connectivity index (χ4n) is 3.41. The molecule has 1 heteroatoms. The predicted octanol–water partition coefficient (Wildman–Crippen LogP) is 6.41. The van der Waals surface area contributed by atoms with Crippen molar-refractivity contribution in [2.75, 3.05) is 6.61 Å². The van der Waals surface area contributed by atoms with Gasteiger partial charge in [-0.3, -0.25) is 0 Å². The molecule has 2 rings (SSSR count). The number of benzene rings is 1. The number of ether oxygens (including phenoxy) is 1. The maximum atomic E-state index is 5.61. The van der Waals surface area contributed by atoms with Crippen molar-refractivity contribution < 1.29 is 4.74 Å². The van der Waals surface area contributed by atoms with Gasteiger partial charge in [0.15, 0.2) is 0 Å². The van der Waals surface area contributed by atoms with Crippen molar-refractivity contribution in [3.63, 3.8) is 0 Å². The lowest BCUT2D eigenvalue weighted by Gasteiger charge is -2.28. The molecule has 1 aliphatic carbocycles. The van der Waals surface area contributed by atoms with Crippen molar-refractivity contribution in [1.82, 2.24) is 0 Å². The van der Waals surface area contributed by atoms with Crippen LogP contribution in [0, 0.1) is 5.92 Å². The Kier molecular flexibility index (Phi) is 8.17. The number of rotatable bonds is 8. The molecule has 0 N–H and O–H groups in total. The van der Waals surface area contributed by atoms with E-state index in [0.29, 0.717) is 13.2 Å². The van der Waals surface area contributed by atoms with Crippen LogP contribution in [0.4, 0.5) is 0 Å². The lowest BCUT2D eigenvalue weighted by Crippen LogP contribution is -2.12. The van der Waals surface area contributed by atoms with Gasteiger partial charge in [-0.05, 0) is 68.4 Å². The number of allylic oxidation sites excluding steroid dienone is 3. The van der Waals surface area contributed by atoms with Gasteiger partial charge in [-0.25, -0.2) is 0 Å². The predicted molar refractivity (Wildman–Crippen MR) is 99.7 cm³/mol. The van der Waals surface area contributed by atoms with E-state index in [1.165, 1.54) is 49.7 Å². The monoisotopic (exact) mass is 312 g/mol. The van der Waals surface area contributed by atoms with Crippen LogP contribution in [0.2, 0.25) is 0 Å². The second-order valence-electron chi connectivity index (χ2n) is 6.66. The van der Waals surface area contributed by atoms with Gasteiger partial charge in [0, 0.05) is 0 Å². The summed E-state index contributed by atoms with van der Waals surface area (Å²) in [5.41, 5.74) is 2.79. The maximum Gasteiger partial charge on any atom is 0.0721 e. The Bertz CT molecular complexity index is 475. The van der Waals surface area contributed by atoms with E-state index in [4.69, 9.17) is 4.74 Å². The van der Waals surface area contributed by atoms with Crippen molar-refractivity contribution in [2.24, 2.45) is 5.92 Å². The summed E-state index contributed by atoms with van der Waals surface area (Å²) in [6, 6.07) is 9.11. The molecule has 1 aromatic carbocycles. The largest absolute Gasteiger partial charge is 0.373 e. The molecule has 0 unspecified atom stereocenters. The maximum absolute atomic E-state index is 5.61. The van der Waals surface area contributed by atoms with Crippen LogP contribution in [-0.4, -0.2) is 6.61 Å². The van der Waals surface area contributed by atoms with Crippen LogP contribution in [0.5, 0.6) is 0 Å². The summed E-state index contributed by atoms with van der Waals surface area (Å²) in [4.78, 5) is 0. The van der Waals surface area contributed by atoms with Crippen LogP contribution in [-0.2, 0) is 11.3 Å². The van der Waals surface area contributed by atoms with Gasteiger partial charge in [0.1, 0.15) is 0 Å². The molecular formula is C22H32O. The molecule has 0 spiro atoms. The molecule has 126 valence electrons. The molecule has 0 aromatic heterocycles. The van der Waals surface area contributed by atoms with Crippen LogP contribution < -0.4 is 0 Å². The average molecular weight is 312 g/mol. The minimum absolute atomic E-state index is 0.703. The SMILES string of the molecule is CC=CCOCc1ccc(C2CCC(CC=CCC)CC2)cc1. The normalized spacial score (nSPS) is 22.2.